The van der Waals surface area contributed by atoms with Crippen LogP contribution in [0.5, 0.6) is 0 Å². The van der Waals surface area contributed by atoms with Gasteiger partial charge in [0.15, 0.2) is 0 Å². The van der Waals surface area contributed by atoms with Gasteiger partial charge in [0.2, 0.25) is 5.91 Å². The zero-order chi connectivity index (χ0) is 15.7. The van der Waals surface area contributed by atoms with Crippen molar-refractivity contribution in [2.75, 3.05) is 0 Å². The number of benzene rings is 1. The van der Waals surface area contributed by atoms with E-state index in [-0.39, 0.29) is 23.8 Å². The molecule has 0 aromatic heterocycles. The first kappa shape index (κ1) is 14.8. The number of carboxylic acid groups (broad SMARTS) is 1. The molecule has 0 unspecified atom stereocenters. The third-order valence-corrected chi connectivity index (χ3v) is 4.97. The zero-order valence-corrected chi connectivity index (χ0v) is 12.6. The van der Waals surface area contributed by atoms with Crippen molar-refractivity contribution in [2.24, 2.45) is 23.7 Å². The Morgan fingerprint density at radius 1 is 1.18 bits per heavy atom. The summed E-state index contributed by atoms with van der Waals surface area (Å²) in [5.74, 6) is -1.92. The fourth-order valence-electron chi connectivity index (χ4n) is 3.89. The maximum Gasteiger partial charge on any atom is 0.307 e. The molecule has 0 heterocycles. The van der Waals surface area contributed by atoms with Crippen molar-refractivity contribution in [1.29, 1.82) is 0 Å². The molecule has 3 rings (SSSR count). The van der Waals surface area contributed by atoms with Gasteiger partial charge in [-0.3, -0.25) is 9.59 Å². The standard InChI is InChI=1S/C18H21NO3/c1-2-14(11-6-4-3-5-7-11)19-17(20)15-12-8-9-13(10-12)16(15)18(21)22/h3-9,12-16H,2,10H2,1H3,(H,19,20)(H,21,22)/t12-,13-,14-,15-,16+/m0/s1. The molecule has 116 valence electrons. The minimum Gasteiger partial charge on any atom is -0.481 e. The zero-order valence-electron chi connectivity index (χ0n) is 12.6. The first-order chi connectivity index (χ1) is 10.6. The molecule has 4 nitrogen and oxygen atoms in total. The summed E-state index contributed by atoms with van der Waals surface area (Å²) in [6, 6.07) is 9.76. The van der Waals surface area contributed by atoms with Gasteiger partial charge in [-0.05, 0) is 30.2 Å². The van der Waals surface area contributed by atoms with E-state index in [1.54, 1.807) is 0 Å². The second-order valence-corrected chi connectivity index (χ2v) is 6.22. The van der Waals surface area contributed by atoms with E-state index < -0.39 is 17.8 Å². The van der Waals surface area contributed by atoms with E-state index in [0.717, 1.165) is 18.4 Å². The van der Waals surface area contributed by atoms with Crippen molar-refractivity contribution < 1.29 is 14.7 Å². The monoisotopic (exact) mass is 299 g/mol. The molecule has 1 aromatic rings. The Balaban J connectivity index is 1.76. The van der Waals surface area contributed by atoms with Crippen LogP contribution in [0.25, 0.3) is 0 Å². The van der Waals surface area contributed by atoms with Crippen molar-refractivity contribution in [1.82, 2.24) is 5.32 Å². The van der Waals surface area contributed by atoms with Crippen molar-refractivity contribution in [3.05, 3.63) is 48.0 Å². The van der Waals surface area contributed by atoms with Crippen LogP contribution in [0.15, 0.2) is 42.5 Å². The van der Waals surface area contributed by atoms with Gasteiger partial charge >= 0.3 is 5.97 Å². The van der Waals surface area contributed by atoms with Crippen LogP contribution in [0.1, 0.15) is 31.4 Å². The lowest BCUT2D eigenvalue weighted by Gasteiger charge is -2.26. The smallest absolute Gasteiger partial charge is 0.307 e. The summed E-state index contributed by atoms with van der Waals surface area (Å²) >= 11 is 0. The molecule has 22 heavy (non-hydrogen) atoms. The summed E-state index contributed by atoms with van der Waals surface area (Å²) in [7, 11) is 0. The van der Waals surface area contributed by atoms with E-state index in [2.05, 4.69) is 5.32 Å². The van der Waals surface area contributed by atoms with Crippen LogP contribution in [-0.4, -0.2) is 17.0 Å². The molecule has 1 amide bonds. The highest BCUT2D eigenvalue weighted by Gasteiger charge is 2.51. The molecule has 1 saturated carbocycles. The second kappa shape index (κ2) is 5.95. The first-order valence-electron chi connectivity index (χ1n) is 7.88. The summed E-state index contributed by atoms with van der Waals surface area (Å²) in [6.45, 7) is 2.02. The summed E-state index contributed by atoms with van der Waals surface area (Å²) in [4.78, 5) is 24.2. The van der Waals surface area contributed by atoms with Crippen molar-refractivity contribution in [3.8, 4) is 0 Å². The van der Waals surface area contributed by atoms with Crippen LogP contribution in [0.2, 0.25) is 0 Å². The average molecular weight is 299 g/mol. The Morgan fingerprint density at radius 2 is 1.82 bits per heavy atom. The molecule has 2 bridgehead atoms. The predicted octanol–water partition coefficient (Wildman–Crippen LogP) is 2.78. The summed E-state index contributed by atoms with van der Waals surface area (Å²) < 4.78 is 0. The number of hydrogen-bond acceptors (Lipinski definition) is 2. The van der Waals surface area contributed by atoms with Crippen molar-refractivity contribution >= 4 is 11.9 Å². The van der Waals surface area contributed by atoms with E-state index in [1.165, 1.54) is 0 Å². The minimum atomic E-state index is -0.857. The van der Waals surface area contributed by atoms with Gasteiger partial charge in [-0.15, -0.1) is 0 Å². The number of aliphatic carboxylic acids is 1. The van der Waals surface area contributed by atoms with Gasteiger partial charge < -0.3 is 10.4 Å². The molecule has 5 atom stereocenters. The number of hydrogen-bond donors (Lipinski definition) is 2. The summed E-state index contributed by atoms with van der Waals surface area (Å²) in [5.41, 5.74) is 1.06. The lowest BCUT2D eigenvalue weighted by Crippen LogP contribution is -2.41. The molecule has 0 radical (unpaired) electrons. The van der Waals surface area contributed by atoms with Gasteiger partial charge in [0.1, 0.15) is 0 Å². The number of allylic oxidation sites excluding steroid dienone is 2. The van der Waals surface area contributed by atoms with Crippen LogP contribution in [0, 0.1) is 23.7 Å². The maximum atomic E-state index is 12.7. The highest BCUT2D eigenvalue weighted by molar-refractivity contribution is 5.87. The predicted molar refractivity (Wildman–Crippen MR) is 83.0 cm³/mol. The molecule has 0 spiro atoms. The van der Waals surface area contributed by atoms with Gasteiger partial charge in [-0.25, -0.2) is 0 Å². The number of nitrogens with one attached hydrogen (secondary N) is 1. The largest absolute Gasteiger partial charge is 0.481 e. The van der Waals surface area contributed by atoms with E-state index in [0.29, 0.717) is 0 Å². The van der Waals surface area contributed by atoms with Gasteiger partial charge in [-0.2, -0.15) is 0 Å². The number of fused-ring (bicyclic) bond motifs is 2. The Hall–Kier alpha value is -2.10. The van der Waals surface area contributed by atoms with E-state index >= 15 is 0 Å². The average Bonchev–Trinajstić information content (AvgIpc) is 3.14. The molecule has 0 saturated heterocycles. The molecule has 1 fully saturated rings. The fraction of sp³-hybridized carbons (Fsp3) is 0.444. The lowest BCUT2D eigenvalue weighted by atomic mass is 9.82. The molecule has 2 aliphatic carbocycles. The number of amides is 1. The molecule has 2 aliphatic rings. The Morgan fingerprint density at radius 3 is 2.41 bits per heavy atom. The van der Waals surface area contributed by atoms with E-state index in [9.17, 15) is 14.7 Å². The summed E-state index contributed by atoms with van der Waals surface area (Å²) in [6.07, 6.45) is 5.54. The third-order valence-electron chi connectivity index (χ3n) is 4.97. The number of rotatable bonds is 5. The van der Waals surface area contributed by atoms with E-state index in [1.807, 2.05) is 49.4 Å². The normalized spacial score (nSPS) is 30.2. The van der Waals surface area contributed by atoms with Crippen LogP contribution >= 0.6 is 0 Å². The lowest BCUT2D eigenvalue weighted by molar-refractivity contribution is -0.148. The molecule has 4 heteroatoms. The second-order valence-electron chi connectivity index (χ2n) is 6.22. The van der Waals surface area contributed by atoms with Gasteiger partial charge in [0, 0.05) is 0 Å². The van der Waals surface area contributed by atoms with Crippen molar-refractivity contribution in [2.45, 2.75) is 25.8 Å². The van der Waals surface area contributed by atoms with Crippen LogP contribution < -0.4 is 5.32 Å². The Labute approximate surface area is 130 Å². The number of carbonyl (C=O) groups excluding carboxylic acids is 1. The Bertz CT molecular complexity index is 596. The molecule has 1 aromatic carbocycles. The minimum absolute atomic E-state index is 0.00931. The van der Waals surface area contributed by atoms with Gasteiger partial charge in [0.25, 0.3) is 0 Å². The highest BCUT2D eigenvalue weighted by Crippen LogP contribution is 2.48. The van der Waals surface area contributed by atoms with Crippen LogP contribution in [0.3, 0.4) is 0 Å². The molecular weight excluding hydrogens is 278 g/mol. The molecule has 0 aliphatic heterocycles. The summed E-state index contributed by atoms with van der Waals surface area (Å²) in [5, 5.41) is 12.5. The van der Waals surface area contributed by atoms with Crippen molar-refractivity contribution in [3.63, 3.8) is 0 Å². The SMILES string of the molecule is CC[C@H](NC(=O)[C@@H]1[C@H](C(=O)O)[C@H]2C=C[C@H]1C2)c1ccccc1. The number of carboxylic acids is 1. The third kappa shape index (κ3) is 2.54. The first-order valence-corrected chi connectivity index (χ1v) is 7.88. The Kier molecular flexibility index (Phi) is 4.01. The maximum absolute atomic E-state index is 12.7. The highest BCUT2D eigenvalue weighted by atomic mass is 16.4. The fourth-order valence-corrected chi connectivity index (χ4v) is 3.89. The topological polar surface area (TPSA) is 66.4 Å². The number of carbonyl (C=O) groups is 2. The quantitative estimate of drug-likeness (QED) is 0.822. The van der Waals surface area contributed by atoms with Gasteiger partial charge in [-0.1, -0.05) is 49.4 Å². The molecular formula is C18H21NO3. The van der Waals surface area contributed by atoms with Crippen LogP contribution in [0.4, 0.5) is 0 Å². The molecule has 2 N–H and O–H groups in total. The van der Waals surface area contributed by atoms with E-state index in [4.69, 9.17) is 0 Å². The van der Waals surface area contributed by atoms with Crippen LogP contribution in [-0.2, 0) is 9.59 Å². The van der Waals surface area contributed by atoms with Gasteiger partial charge in [0.05, 0.1) is 17.9 Å².